The summed E-state index contributed by atoms with van der Waals surface area (Å²) < 4.78 is 72.9. The molecule has 1 aromatic carbocycles. The molecule has 2 aliphatic heterocycles. The Morgan fingerprint density at radius 2 is 1.79 bits per heavy atom. The zero-order valence-corrected chi connectivity index (χ0v) is 21.4. The van der Waals surface area contributed by atoms with Gasteiger partial charge in [-0.1, -0.05) is 30.3 Å². The van der Waals surface area contributed by atoms with Crippen molar-refractivity contribution in [2.45, 2.75) is 25.1 Å². The van der Waals surface area contributed by atoms with E-state index in [1.54, 1.807) is 10.5 Å². The van der Waals surface area contributed by atoms with Gasteiger partial charge >= 0.3 is 12.1 Å². The summed E-state index contributed by atoms with van der Waals surface area (Å²) in [4.78, 5) is 13.2. The number of halogens is 3. The van der Waals surface area contributed by atoms with Crippen molar-refractivity contribution >= 4 is 16.2 Å². The summed E-state index contributed by atoms with van der Waals surface area (Å²) in [6.45, 7) is 3.39. The molecule has 0 aliphatic carbocycles. The largest absolute Gasteiger partial charge is 0.490 e. The smallest absolute Gasteiger partial charge is 0.477 e. The van der Waals surface area contributed by atoms with Crippen LogP contribution in [0.25, 0.3) is 0 Å². The van der Waals surface area contributed by atoms with E-state index in [4.69, 9.17) is 25.1 Å². The first kappa shape index (κ1) is 29.8. The van der Waals surface area contributed by atoms with E-state index in [0.29, 0.717) is 58.4 Å². The number of alkyl halides is 3. The number of hydrogen-bond donors (Lipinski definition) is 2. The number of carboxylic acid groups (broad SMARTS) is 1. The van der Waals surface area contributed by atoms with Crippen molar-refractivity contribution in [2.75, 3.05) is 46.0 Å². The molecule has 2 aliphatic rings. The van der Waals surface area contributed by atoms with Crippen LogP contribution in [-0.4, -0.2) is 85.3 Å². The third-order valence-corrected chi connectivity index (χ3v) is 8.11. The lowest BCUT2D eigenvalue weighted by atomic mass is 9.86. The number of carboxylic acids is 1. The maximum absolute atomic E-state index is 13.4. The van der Waals surface area contributed by atoms with E-state index in [9.17, 15) is 21.6 Å². The molecule has 2 aromatic rings. The quantitative estimate of drug-likeness (QED) is 0.527. The van der Waals surface area contributed by atoms with Crippen LogP contribution in [0.1, 0.15) is 23.5 Å². The van der Waals surface area contributed by atoms with E-state index in [1.165, 1.54) is 4.31 Å². The molecule has 0 bridgehead atoms. The molecule has 4 rings (SSSR count). The molecular weight excluding hydrogens is 529 g/mol. The van der Waals surface area contributed by atoms with Crippen molar-refractivity contribution < 1.29 is 41.0 Å². The Kier molecular flexibility index (Phi) is 10.4. The van der Waals surface area contributed by atoms with Gasteiger partial charge in [0.2, 0.25) is 5.88 Å². The summed E-state index contributed by atoms with van der Waals surface area (Å²) >= 11 is 0. The monoisotopic (exact) mass is 560 g/mol. The lowest BCUT2D eigenvalue weighted by molar-refractivity contribution is -0.192. The summed E-state index contributed by atoms with van der Waals surface area (Å²) in [6.07, 6.45) is -2.55. The van der Waals surface area contributed by atoms with Crippen molar-refractivity contribution in [1.29, 1.82) is 0 Å². The molecule has 2 atom stereocenters. The molecule has 0 saturated carbocycles. The molecule has 1 aromatic heterocycles. The van der Waals surface area contributed by atoms with Gasteiger partial charge in [0.1, 0.15) is 0 Å². The van der Waals surface area contributed by atoms with Crippen molar-refractivity contribution in [3.63, 3.8) is 0 Å². The second-order valence-electron chi connectivity index (χ2n) is 8.87. The minimum absolute atomic E-state index is 0.0538. The SMILES string of the molecule is NCc1ccnc(OC[C@H]2C[C@@H](c3ccccc3)CN(S(=O)(=O)N3CCOCC3)C2)c1.O=C(O)C(F)(F)F. The lowest BCUT2D eigenvalue weighted by Crippen LogP contribution is -2.53. The van der Waals surface area contributed by atoms with E-state index in [-0.39, 0.29) is 11.8 Å². The van der Waals surface area contributed by atoms with Gasteiger partial charge in [-0.05, 0) is 29.5 Å². The van der Waals surface area contributed by atoms with Gasteiger partial charge in [-0.25, -0.2) is 9.78 Å². The second-order valence-corrected chi connectivity index (χ2v) is 10.8. The highest BCUT2D eigenvalue weighted by atomic mass is 32.2. The summed E-state index contributed by atoms with van der Waals surface area (Å²) in [6, 6.07) is 13.8. The van der Waals surface area contributed by atoms with Gasteiger partial charge in [0.25, 0.3) is 10.2 Å². The molecule has 3 N–H and O–H groups in total. The number of aliphatic carboxylic acids is 1. The number of morpholine rings is 1. The topological polar surface area (TPSA) is 135 Å². The van der Waals surface area contributed by atoms with Gasteiger partial charge in [0.05, 0.1) is 19.8 Å². The number of nitrogens with two attached hydrogens (primary N) is 1. The summed E-state index contributed by atoms with van der Waals surface area (Å²) in [5.41, 5.74) is 7.81. The molecule has 210 valence electrons. The summed E-state index contributed by atoms with van der Waals surface area (Å²) in [5, 5.41) is 7.12. The molecule has 0 amide bonds. The van der Waals surface area contributed by atoms with Gasteiger partial charge in [-0.2, -0.15) is 30.2 Å². The standard InChI is InChI=1S/C22H30N4O4S.C2HF3O2/c23-14-18-6-7-24-22(13-18)30-17-19-12-21(20-4-2-1-3-5-20)16-26(15-19)31(27,28)25-8-10-29-11-9-25;3-2(4,5)1(6)7/h1-7,13,19,21H,8-12,14-17,23H2;(H,6,7)/t19-,21+;/m0./s1. The van der Waals surface area contributed by atoms with Crippen molar-refractivity contribution in [2.24, 2.45) is 11.7 Å². The number of benzene rings is 1. The predicted octanol–water partition coefficient (Wildman–Crippen LogP) is 2.24. The number of pyridine rings is 1. The lowest BCUT2D eigenvalue weighted by Gasteiger charge is -2.40. The van der Waals surface area contributed by atoms with Crippen LogP contribution in [0, 0.1) is 5.92 Å². The van der Waals surface area contributed by atoms with Crippen LogP contribution in [0.15, 0.2) is 48.7 Å². The van der Waals surface area contributed by atoms with E-state index >= 15 is 0 Å². The molecule has 0 unspecified atom stereocenters. The number of rotatable bonds is 7. The zero-order chi connectivity index (χ0) is 27.8. The Bertz CT molecular complexity index is 1150. The predicted molar refractivity (Wildman–Crippen MR) is 131 cm³/mol. The Labute approximate surface area is 219 Å². The first-order valence-electron chi connectivity index (χ1n) is 12.0. The number of aromatic nitrogens is 1. The van der Waals surface area contributed by atoms with Crippen LogP contribution in [0.2, 0.25) is 0 Å². The molecule has 38 heavy (non-hydrogen) atoms. The maximum Gasteiger partial charge on any atom is 0.490 e. The van der Waals surface area contributed by atoms with Crippen LogP contribution in [-0.2, 0) is 26.3 Å². The third-order valence-electron chi connectivity index (χ3n) is 6.14. The number of carbonyl (C=O) groups is 1. The molecule has 3 heterocycles. The molecule has 10 nitrogen and oxygen atoms in total. The van der Waals surface area contributed by atoms with Crippen molar-refractivity contribution in [1.82, 2.24) is 13.6 Å². The highest BCUT2D eigenvalue weighted by molar-refractivity contribution is 7.86. The zero-order valence-electron chi connectivity index (χ0n) is 20.6. The van der Waals surface area contributed by atoms with Crippen molar-refractivity contribution in [3.05, 3.63) is 59.8 Å². The molecular formula is C24H31F3N4O6S. The van der Waals surface area contributed by atoms with E-state index in [2.05, 4.69) is 17.1 Å². The number of hydrogen-bond acceptors (Lipinski definition) is 7. The molecule has 0 radical (unpaired) electrons. The van der Waals surface area contributed by atoms with Crippen LogP contribution < -0.4 is 10.5 Å². The van der Waals surface area contributed by atoms with Crippen LogP contribution in [0.5, 0.6) is 5.88 Å². The molecule has 2 fully saturated rings. The average Bonchev–Trinajstić information content (AvgIpc) is 2.92. The van der Waals surface area contributed by atoms with E-state index < -0.39 is 22.4 Å². The highest BCUT2D eigenvalue weighted by Gasteiger charge is 2.39. The van der Waals surface area contributed by atoms with Crippen LogP contribution >= 0.6 is 0 Å². The normalized spacial score (nSPS) is 21.3. The summed E-state index contributed by atoms with van der Waals surface area (Å²) in [7, 11) is -3.55. The average molecular weight is 561 g/mol. The van der Waals surface area contributed by atoms with Gasteiger partial charge in [0.15, 0.2) is 0 Å². The maximum atomic E-state index is 13.4. The fraction of sp³-hybridized carbons (Fsp3) is 0.500. The van der Waals surface area contributed by atoms with Gasteiger partial charge in [-0.3, -0.25) is 0 Å². The molecule has 14 heteroatoms. The fourth-order valence-corrected chi connectivity index (χ4v) is 5.94. The Balaban J connectivity index is 0.000000505. The Morgan fingerprint density at radius 3 is 2.39 bits per heavy atom. The van der Waals surface area contributed by atoms with Crippen LogP contribution in [0.4, 0.5) is 13.2 Å². The number of ether oxygens (including phenoxy) is 2. The fourth-order valence-electron chi connectivity index (χ4n) is 4.24. The minimum atomic E-state index is -5.08. The minimum Gasteiger partial charge on any atom is -0.477 e. The van der Waals surface area contributed by atoms with Gasteiger partial charge < -0.3 is 20.3 Å². The number of nitrogens with zero attached hydrogens (tertiary/aromatic N) is 3. The van der Waals surface area contributed by atoms with Crippen LogP contribution in [0.3, 0.4) is 0 Å². The van der Waals surface area contributed by atoms with Gasteiger partial charge in [-0.15, -0.1) is 0 Å². The Hall–Kier alpha value is -2.78. The van der Waals surface area contributed by atoms with E-state index in [1.807, 2.05) is 30.3 Å². The van der Waals surface area contributed by atoms with Crippen molar-refractivity contribution in [3.8, 4) is 5.88 Å². The third kappa shape index (κ3) is 8.36. The molecule has 0 spiro atoms. The second kappa shape index (κ2) is 13.3. The Morgan fingerprint density at radius 1 is 1.13 bits per heavy atom. The molecule has 2 saturated heterocycles. The van der Waals surface area contributed by atoms with E-state index in [0.717, 1.165) is 17.5 Å². The highest BCUT2D eigenvalue weighted by Crippen LogP contribution is 2.33. The first-order chi connectivity index (χ1) is 18.0. The number of piperidine rings is 1. The summed E-state index contributed by atoms with van der Waals surface area (Å²) in [5.74, 6) is -2.07. The first-order valence-corrected chi connectivity index (χ1v) is 13.4. The van der Waals surface area contributed by atoms with Gasteiger partial charge in [0, 0.05) is 50.9 Å².